The van der Waals surface area contributed by atoms with Crippen LogP contribution < -0.4 is 21.4 Å². The van der Waals surface area contributed by atoms with E-state index < -0.39 is 23.6 Å². The van der Waals surface area contributed by atoms with E-state index in [1.165, 1.54) is 6.21 Å². The first-order chi connectivity index (χ1) is 16.5. The first-order valence-electron chi connectivity index (χ1n) is 10.4. The molecule has 0 atom stereocenters. The minimum Gasteiger partial charge on any atom is -0.458 e. The Bertz CT molecular complexity index is 1160. The molecule has 1 heterocycles. The van der Waals surface area contributed by atoms with Crippen LogP contribution in [-0.4, -0.2) is 36.4 Å². The van der Waals surface area contributed by atoms with Gasteiger partial charge in [0.1, 0.15) is 11.5 Å². The van der Waals surface area contributed by atoms with Gasteiger partial charge in [-0.2, -0.15) is 5.10 Å². The summed E-state index contributed by atoms with van der Waals surface area (Å²) < 4.78 is 5.44. The molecular formula is C24H23N5O5. The molecule has 10 heteroatoms. The van der Waals surface area contributed by atoms with Crippen LogP contribution in [0.3, 0.4) is 0 Å². The van der Waals surface area contributed by atoms with E-state index in [0.29, 0.717) is 24.4 Å². The van der Waals surface area contributed by atoms with Gasteiger partial charge in [-0.15, -0.1) is 0 Å². The molecular weight excluding hydrogens is 438 g/mol. The van der Waals surface area contributed by atoms with Gasteiger partial charge in [0, 0.05) is 12.2 Å². The summed E-state index contributed by atoms with van der Waals surface area (Å²) in [6, 6.07) is 21.3. The third-order valence-electron chi connectivity index (χ3n) is 4.45. The highest BCUT2D eigenvalue weighted by atomic mass is 16.3. The maximum absolute atomic E-state index is 11.9. The lowest BCUT2D eigenvalue weighted by atomic mass is 10.1. The fraction of sp³-hybridized carbons (Fsp3) is 0.125. The Balaban J connectivity index is 1.36. The third-order valence-corrected chi connectivity index (χ3v) is 4.45. The van der Waals surface area contributed by atoms with Gasteiger partial charge < -0.3 is 20.4 Å². The standard InChI is InChI=1S/C24H23N5O5/c30-21(23(32)28-18-9-5-2-6-10-18)26-15-19-11-12-20(34-19)16-27-29-24(33)22(31)25-14-13-17-7-3-1-4-8-17/h1-12,16H,13-15H2,(H,25,31)(H,26,30)(H,28,32)(H,29,33)/b27-16+. The molecule has 2 aromatic carbocycles. The molecule has 0 fully saturated rings. The number of benzene rings is 2. The number of hydrogen-bond donors (Lipinski definition) is 4. The number of hydrazone groups is 1. The van der Waals surface area contributed by atoms with Crippen molar-refractivity contribution in [3.05, 3.63) is 89.9 Å². The maximum atomic E-state index is 11.9. The number of nitrogens with one attached hydrogen (secondary N) is 4. The molecule has 34 heavy (non-hydrogen) atoms. The van der Waals surface area contributed by atoms with Gasteiger partial charge in [0.15, 0.2) is 0 Å². The molecule has 1 aromatic heterocycles. The van der Waals surface area contributed by atoms with Gasteiger partial charge in [0.2, 0.25) is 0 Å². The Hall–Kier alpha value is -4.73. The van der Waals surface area contributed by atoms with Crippen LogP contribution in [0.5, 0.6) is 0 Å². The lowest BCUT2D eigenvalue weighted by Gasteiger charge is -2.05. The Labute approximate surface area is 195 Å². The maximum Gasteiger partial charge on any atom is 0.329 e. The van der Waals surface area contributed by atoms with Gasteiger partial charge in [-0.25, -0.2) is 5.43 Å². The molecule has 3 aromatic rings. The topological polar surface area (TPSA) is 142 Å². The Morgan fingerprint density at radius 2 is 1.44 bits per heavy atom. The first-order valence-corrected chi connectivity index (χ1v) is 10.4. The molecule has 4 amide bonds. The van der Waals surface area contributed by atoms with E-state index in [4.69, 9.17) is 4.42 Å². The van der Waals surface area contributed by atoms with Crippen LogP contribution in [0.4, 0.5) is 5.69 Å². The van der Waals surface area contributed by atoms with Crippen LogP contribution in [0.2, 0.25) is 0 Å². The molecule has 10 nitrogen and oxygen atoms in total. The summed E-state index contributed by atoms with van der Waals surface area (Å²) in [6.45, 7) is 0.293. The highest BCUT2D eigenvalue weighted by Gasteiger charge is 2.14. The zero-order chi connectivity index (χ0) is 24.2. The largest absolute Gasteiger partial charge is 0.458 e. The van der Waals surface area contributed by atoms with E-state index in [-0.39, 0.29) is 12.3 Å². The Morgan fingerprint density at radius 1 is 0.765 bits per heavy atom. The Kier molecular flexibility index (Phi) is 8.68. The molecule has 0 saturated heterocycles. The van der Waals surface area contributed by atoms with Gasteiger partial charge >= 0.3 is 23.6 Å². The van der Waals surface area contributed by atoms with Crippen molar-refractivity contribution in [3.8, 4) is 0 Å². The van der Waals surface area contributed by atoms with Crippen LogP contribution >= 0.6 is 0 Å². The average Bonchev–Trinajstić information content (AvgIpc) is 3.31. The van der Waals surface area contributed by atoms with Crippen LogP contribution in [0.15, 0.2) is 82.3 Å². The minimum atomic E-state index is -0.909. The first kappa shape index (κ1) is 23.9. The number of nitrogens with zero attached hydrogens (tertiary/aromatic N) is 1. The normalized spacial score (nSPS) is 10.5. The van der Waals surface area contributed by atoms with Crippen LogP contribution in [0.25, 0.3) is 0 Å². The van der Waals surface area contributed by atoms with E-state index in [0.717, 1.165) is 5.56 Å². The van der Waals surface area contributed by atoms with Crippen LogP contribution in [0, 0.1) is 0 Å². The second kappa shape index (κ2) is 12.3. The van der Waals surface area contributed by atoms with E-state index in [1.807, 2.05) is 30.3 Å². The molecule has 0 unspecified atom stereocenters. The van der Waals surface area contributed by atoms with E-state index in [9.17, 15) is 19.2 Å². The minimum absolute atomic E-state index is 0.0228. The number of hydrogen-bond acceptors (Lipinski definition) is 6. The van der Waals surface area contributed by atoms with E-state index in [2.05, 4.69) is 26.5 Å². The number of furan rings is 1. The molecule has 0 bridgehead atoms. The van der Waals surface area contributed by atoms with Crippen LogP contribution in [0.1, 0.15) is 17.1 Å². The van der Waals surface area contributed by atoms with Crippen LogP contribution in [-0.2, 0) is 32.1 Å². The predicted octanol–water partition coefficient (Wildman–Crippen LogP) is 1.34. The fourth-order valence-corrected chi connectivity index (χ4v) is 2.77. The molecule has 0 radical (unpaired) electrons. The van der Waals surface area contributed by atoms with Crippen molar-refractivity contribution in [1.29, 1.82) is 0 Å². The van der Waals surface area contributed by atoms with Crippen molar-refractivity contribution in [2.24, 2.45) is 5.10 Å². The van der Waals surface area contributed by atoms with Gasteiger partial charge in [0.05, 0.1) is 12.8 Å². The van der Waals surface area contributed by atoms with Crippen molar-refractivity contribution in [3.63, 3.8) is 0 Å². The summed E-state index contributed by atoms with van der Waals surface area (Å²) in [4.78, 5) is 47.4. The second-order valence-electron chi connectivity index (χ2n) is 7.00. The van der Waals surface area contributed by atoms with Crippen molar-refractivity contribution in [2.45, 2.75) is 13.0 Å². The van der Waals surface area contributed by atoms with Gasteiger partial charge in [-0.1, -0.05) is 48.5 Å². The van der Waals surface area contributed by atoms with Crippen molar-refractivity contribution < 1.29 is 23.6 Å². The number of para-hydroxylation sites is 1. The van der Waals surface area contributed by atoms with Crippen molar-refractivity contribution >= 4 is 35.5 Å². The molecule has 0 aliphatic rings. The number of carbonyl (C=O) groups excluding carboxylic acids is 4. The number of amides is 4. The summed E-state index contributed by atoms with van der Waals surface area (Å²) in [5.74, 6) is -2.68. The third kappa shape index (κ3) is 7.75. The lowest BCUT2D eigenvalue weighted by Crippen LogP contribution is -2.38. The summed E-state index contributed by atoms with van der Waals surface area (Å²) in [6.07, 6.45) is 1.81. The number of anilines is 1. The summed E-state index contributed by atoms with van der Waals surface area (Å²) in [7, 11) is 0. The molecule has 0 saturated carbocycles. The molecule has 4 N–H and O–H groups in total. The summed E-state index contributed by atoms with van der Waals surface area (Å²) in [5, 5.41) is 11.1. The number of carbonyl (C=O) groups is 4. The van der Waals surface area contributed by atoms with E-state index in [1.54, 1.807) is 42.5 Å². The molecule has 0 aliphatic carbocycles. The summed E-state index contributed by atoms with van der Waals surface area (Å²) in [5.41, 5.74) is 3.66. The highest BCUT2D eigenvalue weighted by Crippen LogP contribution is 2.06. The van der Waals surface area contributed by atoms with Crippen molar-refractivity contribution in [2.75, 3.05) is 11.9 Å². The SMILES string of the molecule is O=C(NCCc1ccccc1)C(=O)N/N=C/c1ccc(CNC(=O)C(=O)Nc2ccccc2)o1. The molecule has 174 valence electrons. The Morgan fingerprint density at radius 3 is 2.18 bits per heavy atom. The predicted molar refractivity (Wildman–Crippen MR) is 125 cm³/mol. The number of rotatable bonds is 8. The van der Waals surface area contributed by atoms with Gasteiger partial charge in [0.25, 0.3) is 0 Å². The quantitative estimate of drug-likeness (QED) is 0.228. The lowest BCUT2D eigenvalue weighted by molar-refractivity contribution is -0.139. The van der Waals surface area contributed by atoms with E-state index >= 15 is 0 Å². The monoisotopic (exact) mass is 461 g/mol. The second-order valence-corrected chi connectivity index (χ2v) is 7.00. The molecule has 0 aliphatic heterocycles. The van der Waals surface area contributed by atoms with Crippen molar-refractivity contribution in [1.82, 2.24) is 16.1 Å². The molecule has 3 rings (SSSR count). The van der Waals surface area contributed by atoms with Gasteiger partial charge in [-0.3, -0.25) is 19.2 Å². The zero-order valence-corrected chi connectivity index (χ0v) is 18.1. The van der Waals surface area contributed by atoms with Gasteiger partial charge in [-0.05, 0) is 36.2 Å². The average molecular weight is 461 g/mol. The summed E-state index contributed by atoms with van der Waals surface area (Å²) >= 11 is 0. The molecule has 0 spiro atoms. The smallest absolute Gasteiger partial charge is 0.329 e. The highest BCUT2D eigenvalue weighted by molar-refractivity contribution is 6.39. The fourth-order valence-electron chi connectivity index (χ4n) is 2.77. The zero-order valence-electron chi connectivity index (χ0n) is 18.1.